The number of rotatable bonds is 6. The molecule has 2 atom stereocenters. The van der Waals surface area contributed by atoms with Crippen molar-refractivity contribution in [3.05, 3.63) is 30.3 Å². The Labute approximate surface area is 155 Å². The van der Waals surface area contributed by atoms with Gasteiger partial charge in [0, 0.05) is 24.9 Å². The monoisotopic (exact) mass is 356 g/mol. The molecule has 3 aliphatic rings. The first kappa shape index (κ1) is 17.4. The van der Waals surface area contributed by atoms with E-state index in [1.807, 2.05) is 35.2 Å². The summed E-state index contributed by atoms with van der Waals surface area (Å²) in [6.07, 6.45) is 6.86. The van der Waals surface area contributed by atoms with Crippen molar-refractivity contribution in [2.24, 2.45) is 17.8 Å². The molecule has 0 radical (unpaired) electrons. The van der Waals surface area contributed by atoms with Gasteiger partial charge >= 0.3 is 0 Å². The van der Waals surface area contributed by atoms with E-state index in [0.717, 1.165) is 19.4 Å². The van der Waals surface area contributed by atoms with Crippen LogP contribution in [0.4, 0.5) is 0 Å². The molecule has 0 bridgehead atoms. The Morgan fingerprint density at radius 2 is 1.77 bits per heavy atom. The third kappa shape index (κ3) is 4.02. The smallest absolute Gasteiger partial charge is 0.258 e. The number of hydrogen-bond acceptors (Lipinski definition) is 3. The first-order chi connectivity index (χ1) is 12.7. The average molecular weight is 356 g/mol. The summed E-state index contributed by atoms with van der Waals surface area (Å²) in [5.74, 6) is 2.19. The Bertz CT molecular complexity index is 638. The number of benzene rings is 1. The summed E-state index contributed by atoms with van der Waals surface area (Å²) in [6, 6.07) is 9.46. The van der Waals surface area contributed by atoms with Gasteiger partial charge in [-0.1, -0.05) is 31.0 Å². The van der Waals surface area contributed by atoms with Crippen LogP contribution in [0.3, 0.4) is 0 Å². The number of para-hydroxylation sites is 1. The van der Waals surface area contributed by atoms with Crippen LogP contribution < -0.4 is 10.1 Å². The van der Waals surface area contributed by atoms with E-state index in [4.69, 9.17) is 4.74 Å². The fourth-order valence-electron chi connectivity index (χ4n) is 4.51. The molecule has 4 rings (SSSR count). The minimum absolute atomic E-state index is 0.0223. The normalized spacial score (nSPS) is 26.1. The highest BCUT2D eigenvalue weighted by Gasteiger charge is 2.45. The van der Waals surface area contributed by atoms with Gasteiger partial charge in [-0.05, 0) is 43.7 Å². The Balaban J connectivity index is 1.32. The maximum atomic E-state index is 12.8. The minimum atomic E-state index is -0.0975. The lowest BCUT2D eigenvalue weighted by atomic mass is 9.98. The van der Waals surface area contributed by atoms with E-state index in [2.05, 4.69) is 5.32 Å². The van der Waals surface area contributed by atoms with Crippen molar-refractivity contribution < 1.29 is 14.3 Å². The van der Waals surface area contributed by atoms with E-state index in [9.17, 15) is 9.59 Å². The molecule has 1 N–H and O–H groups in total. The molecule has 2 amide bonds. The molecule has 3 fully saturated rings. The molecule has 140 valence electrons. The first-order valence-corrected chi connectivity index (χ1v) is 9.96. The van der Waals surface area contributed by atoms with Crippen LogP contribution in [0.2, 0.25) is 0 Å². The molecule has 1 saturated heterocycles. The molecular formula is C21H28N2O3. The van der Waals surface area contributed by atoms with Gasteiger partial charge in [-0.3, -0.25) is 9.59 Å². The number of nitrogens with zero attached hydrogens (tertiary/aromatic N) is 1. The fraction of sp³-hybridized carbons (Fsp3) is 0.619. The predicted molar refractivity (Wildman–Crippen MR) is 98.6 cm³/mol. The Morgan fingerprint density at radius 1 is 1.04 bits per heavy atom. The van der Waals surface area contributed by atoms with Gasteiger partial charge in [0.25, 0.3) is 5.91 Å². The van der Waals surface area contributed by atoms with Crippen LogP contribution in [0.5, 0.6) is 5.75 Å². The summed E-state index contributed by atoms with van der Waals surface area (Å²) < 4.78 is 5.55. The van der Waals surface area contributed by atoms with Crippen molar-refractivity contribution in [2.75, 3.05) is 19.7 Å². The molecule has 1 aromatic rings. The fourth-order valence-corrected chi connectivity index (χ4v) is 4.51. The molecule has 0 aromatic heterocycles. The van der Waals surface area contributed by atoms with Crippen molar-refractivity contribution in [2.45, 2.75) is 44.6 Å². The highest BCUT2D eigenvalue weighted by atomic mass is 16.5. The lowest BCUT2D eigenvalue weighted by Gasteiger charge is -2.20. The number of likely N-dealkylation sites (tertiary alicyclic amines) is 1. The van der Waals surface area contributed by atoms with E-state index in [-0.39, 0.29) is 24.5 Å². The van der Waals surface area contributed by atoms with Gasteiger partial charge in [-0.2, -0.15) is 0 Å². The molecule has 2 saturated carbocycles. The zero-order valence-electron chi connectivity index (χ0n) is 15.2. The largest absolute Gasteiger partial charge is 0.484 e. The Morgan fingerprint density at radius 3 is 2.46 bits per heavy atom. The molecule has 0 spiro atoms. The summed E-state index contributed by atoms with van der Waals surface area (Å²) in [5.41, 5.74) is 0. The second kappa shape index (κ2) is 7.68. The summed E-state index contributed by atoms with van der Waals surface area (Å²) in [5, 5.41) is 3.14. The van der Waals surface area contributed by atoms with Crippen LogP contribution in [0.15, 0.2) is 30.3 Å². The average Bonchev–Trinajstić information content (AvgIpc) is 3.19. The lowest BCUT2D eigenvalue weighted by molar-refractivity contribution is -0.134. The number of carbonyl (C=O) groups is 2. The van der Waals surface area contributed by atoms with Gasteiger partial charge in [-0.15, -0.1) is 0 Å². The van der Waals surface area contributed by atoms with Crippen LogP contribution in [-0.4, -0.2) is 42.5 Å². The van der Waals surface area contributed by atoms with Gasteiger partial charge in [0.15, 0.2) is 6.61 Å². The minimum Gasteiger partial charge on any atom is -0.484 e. The summed E-state index contributed by atoms with van der Waals surface area (Å²) >= 11 is 0. The van der Waals surface area contributed by atoms with Crippen LogP contribution in [-0.2, 0) is 9.59 Å². The van der Waals surface area contributed by atoms with Crippen LogP contribution >= 0.6 is 0 Å². The van der Waals surface area contributed by atoms with Crippen molar-refractivity contribution in [3.63, 3.8) is 0 Å². The maximum absolute atomic E-state index is 12.8. The number of ether oxygens (including phenoxy) is 1. The quantitative estimate of drug-likeness (QED) is 0.852. The molecule has 1 aromatic carbocycles. The molecule has 2 aliphatic carbocycles. The Hall–Kier alpha value is -2.04. The van der Waals surface area contributed by atoms with Gasteiger partial charge in [0.05, 0.1) is 6.04 Å². The van der Waals surface area contributed by atoms with Crippen molar-refractivity contribution in [1.82, 2.24) is 10.2 Å². The second-order valence-corrected chi connectivity index (χ2v) is 8.00. The van der Waals surface area contributed by atoms with Crippen LogP contribution in [0.25, 0.3) is 0 Å². The number of nitrogens with one attached hydrogen (secondary N) is 1. The highest BCUT2D eigenvalue weighted by molar-refractivity contribution is 5.80. The maximum Gasteiger partial charge on any atom is 0.258 e. The molecule has 26 heavy (non-hydrogen) atoms. The molecule has 5 nitrogen and oxygen atoms in total. The third-order valence-electron chi connectivity index (χ3n) is 6.07. The van der Waals surface area contributed by atoms with Crippen LogP contribution in [0.1, 0.15) is 38.5 Å². The van der Waals surface area contributed by atoms with E-state index in [1.165, 1.54) is 25.7 Å². The van der Waals surface area contributed by atoms with Gasteiger partial charge in [-0.25, -0.2) is 0 Å². The molecule has 5 heteroatoms. The van der Waals surface area contributed by atoms with E-state index in [0.29, 0.717) is 30.0 Å². The van der Waals surface area contributed by atoms with Crippen molar-refractivity contribution >= 4 is 11.8 Å². The van der Waals surface area contributed by atoms with Crippen LogP contribution in [0, 0.1) is 17.8 Å². The summed E-state index contributed by atoms with van der Waals surface area (Å²) in [6.45, 7) is 1.49. The second-order valence-electron chi connectivity index (χ2n) is 8.00. The standard InChI is InChI=1S/C21H28N2O3/c24-20(14-26-17-8-2-1-3-9-17)22-19-13-23(12-18(19)15-10-11-15)21(25)16-6-4-5-7-16/h1-3,8-9,15-16,18-19H,4-7,10-14H2,(H,22,24)/t18-,19+/m0/s1. The zero-order valence-corrected chi connectivity index (χ0v) is 15.2. The molecule has 1 aliphatic heterocycles. The van der Waals surface area contributed by atoms with Gasteiger partial charge in [0.2, 0.25) is 5.91 Å². The lowest BCUT2D eigenvalue weighted by Crippen LogP contribution is -2.44. The number of hydrogen-bond donors (Lipinski definition) is 1. The van der Waals surface area contributed by atoms with Crippen molar-refractivity contribution in [1.29, 1.82) is 0 Å². The number of amides is 2. The zero-order chi connectivity index (χ0) is 17.9. The van der Waals surface area contributed by atoms with E-state index < -0.39 is 0 Å². The number of carbonyl (C=O) groups excluding carboxylic acids is 2. The molecule has 0 unspecified atom stereocenters. The van der Waals surface area contributed by atoms with Gasteiger partial charge < -0.3 is 15.0 Å². The molecular weight excluding hydrogens is 328 g/mol. The van der Waals surface area contributed by atoms with Gasteiger partial charge in [0.1, 0.15) is 5.75 Å². The third-order valence-corrected chi connectivity index (χ3v) is 6.07. The highest BCUT2D eigenvalue weighted by Crippen LogP contribution is 2.42. The SMILES string of the molecule is O=C(COc1ccccc1)N[C@@H]1CN(C(=O)C2CCCC2)C[C@H]1C1CC1. The molecule has 1 heterocycles. The van der Waals surface area contributed by atoms with E-state index >= 15 is 0 Å². The summed E-state index contributed by atoms with van der Waals surface area (Å²) in [7, 11) is 0. The first-order valence-electron chi connectivity index (χ1n) is 9.96. The van der Waals surface area contributed by atoms with Crippen molar-refractivity contribution in [3.8, 4) is 5.75 Å². The summed E-state index contributed by atoms with van der Waals surface area (Å²) in [4.78, 5) is 27.1. The Kier molecular flexibility index (Phi) is 5.14. The topological polar surface area (TPSA) is 58.6 Å². The van der Waals surface area contributed by atoms with E-state index in [1.54, 1.807) is 0 Å². The predicted octanol–water partition coefficient (Wildman–Crippen LogP) is 2.61.